The molecule has 80 valence electrons. The minimum Gasteiger partial charge on any atom is -0.389 e. The highest BCUT2D eigenvalue weighted by Gasteiger charge is 2.31. The largest absolute Gasteiger partial charge is 0.389 e. The fraction of sp³-hybridized carbons (Fsp3) is 0.583. The molecule has 15 heavy (non-hydrogen) atoms. The minimum absolute atomic E-state index is 0.116. The Kier molecular flexibility index (Phi) is 2.47. The van der Waals surface area contributed by atoms with Crippen LogP contribution in [0.4, 0.5) is 5.00 Å². The van der Waals surface area contributed by atoms with Gasteiger partial charge in [0, 0.05) is 4.88 Å². The zero-order valence-corrected chi connectivity index (χ0v) is 10.1. The predicted molar refractivity (Wildman–Crippen MR) is 64.0 cm³/mol. The van der Waals surface area contributed by atoms with E-state index in [1.165, 1.54) is 23.3 Å². The molecule has 1 heterocycles. The van der Waals surface area contributed by atoms with Gasteiger partial charge < -0.3 is 5.73 Å². The lowest BCUT2D eigenvalue weighted by molar-refractivity contribution is 0.468. The van der Waals surface area contributed by atoms with Crippen LogP contribution in [0.2, 0.25) is 0 Å². The molecule has 0 fully saturated rings. The second kappa shape index (κ2) is 3.53. The van der Waals surface area contributed by atoms with Crippen LogP contribution in [0.25, 0.3) is 0 Å². The molecule has 1 aliphatic rings. The van der Waals surface area contributed by atoms with Gasteiger partial charge >= 0.3 is 0 Å². The summed E-state index contributed by atoms with van der Waals surface area (Å²) < 4.78 is 0. The van der Waals surface area contributed by atoms with Gasteiger partial charge in [-0.1, -0.05) is 20.3 Å². The second-order valence-electron chi connectivity index (χ2n) is 4.84. The summed E-state index contributed by atoms with van der Waals surface area (Å²) >= 11 is 1.61. The molecule has 1 aliphatic carbocycles. The molecule has 0 atom stereocenters. The highest BCUT2D eigenvalue weighted by Crippen LogP contribution is 2.43. The van der Waals surface area contributed by atoms with Gasteiger partial charge in [-0.2, -0.15) is 5.26 Å². The Morgan fingerprint density at radius 2 is 2.13 bits per heavy atom. The molecule has 0 radical (unpaired) electrons. The van der Waals surface area contributed by atoms with Gasteiger partial charge in [0.05, 0.1) is 5.56 Å². The quantitative estimate of drug-likeness (QED) is 0.682. The van der Waals surface area contributed by atoms with Crippen molar-refractivity contribution in [3.05, 3.63) is 16.0 Å². The molecular formula is C12H16N2S. The van der Waals surface area contributed by atoms with E-state index in [0.29, 0.717) is 5.00 Å². The Morgan fingerprint density at radius 1 is 1.40 bits per heavy atom. The molecule has 2 rings (SSSR count). The number of nitrogen functional groups attached to an aromatic ring is 1. The van der Waals surface area contributed by atoms with Gasteiger partial charge in [-0.15, -0.1) is 11.3 Å². The summed E-state index contributed by atoms with van der Waals surface area (Å²) in [7, 11) is 0. The first-order valence-corrected chi connectivity index (χ1v) is 6.19. The van der Waals surface area contributed by atoms with E-state index >= 15 is 0 Å². The van der Waals surface area contributed by atoms with Gasteiger partial charge in [-0.05, 0) is 30.2 Å². The maximum atomic E-state index is 9.16. The summed E-state index contributed by atoms with van der Waals surface area (Å²) in [5.74, 6) is 0. The van der Waals surface area contributed by atoms with E-state index in [-0.39, 0.29) is 5.41 Å². The van der Waals surface area contributed by atoms with E-state index in [1.807, 2.05) is 0 Å². The van der Waals surface area contributed by atoms with E-state index in [2.05, 4.69) is 19.9 Å². The molecule has 2 nitrogen and oxygen atoms in total. The molecule has 0 unspecified atom stereocenters. The van der Waals surface area contributed by atoms with E-state index < -0.39 is 0 Å². The van der Waals surface area contributed by atoms with Crippen molar-refractivity contribution in [3.8, 4) is 6.07 Å². The Labute approximate surface area is 94.7 Å². The van der Waals surface area contributed by atoms with Crippen LogP contribution in [-0.2, 0) is 11.8 Å². The Hall–Kier alpha value is -1.01. The lowest BCUT2D eigenvalue weighted by atomic mass is 9.80. The number of aryl methyl sites for hydroxylation is 1. The summed E-state index contributed by atoms with van der Waals surface area (Å²) in [5.41, 5.74) is 7.98. The number of nitrogens with zero attached hydrogens (tertiary/aromatic N) is 1. The number of anilines is 1. The number of nitriles is 1. The van der Waals surface area contributed by atoms with Crippen LogP contribution < -0.4 is 5.73 Å². The molecule has 1 aromatic rings. The Bertz CT molecular complexity index is 424. The average Bonchev–Trinajstić information content (AvgIpc) is 2.42. The summed E-state index contributed by atoms with van der Waals surface area (Å²) in [6.45, 7) is 4.45. The number of hydrogen-bond acceptors (Lipinski definition) is 3. The van der Waals surface area contributed by atoms with E-state index in [0.717, 1.165) is 18.4 Å². The number of thiophene rings is 1. The molecule has 0 bridgehead atoms. The lowest BCUT2D eigenvalue weighted by Gasteiger charge is -2.23. The van der Waals surface area contributed by atoms with Gasteiger partial charge in [0.2, 0.25) is 0 Å². The van der Waals surface area contributed by atoms with Gasteiger partial charge in [0.15, 0.2) is 0 Å². The van der Waals surface area contributed by atoms with Gasteiger partial charge in [-0.3, -0.25) is 0 Å². The predicted octanol–water partition coefficient (Wildman–Crippen LogP) is 3.21. The van der Waals surface area contributed by atoms with Crippen molar-refractivity contribution in [1.82, 2.24) is 0 Å². The smallest absolute Gasteiger partial charge is 0.104 e. The molecule has 1 aromatic heterocycles. The van der Waals surface area contributed by atoms with E-state index in [4.69, 9.17) is 11.0 Å². The number of hydrogen-bond donors (Lipinski definition) is 1. The highest BCUT2D eigenvalue weighted by molar-refractivity contribution is 7.16. The number of nitrogens with two attached hydrogens (primary N) is 1. The first-order chi connectivity index (χ1) is 7.06. The van der Waals surface area contributed by atoms with Crippen molar-refractivity contribution in [2.45, 2.75) is 44.9 Å². The standard InChI is InChI=1S/C12H16N2S/c1-12(2)6-4-3-5-9-10(12)8(7-13)11(14)15-9/h3-6,14H2,1-2H3. The minimum atomic E-state index is 0.116. The van der Waals surface area contributed by atoms with Crippen molar-refractivity contribution in [2.75, 3.05) is 5.73 Å². The topological polar surface area (TPSA) is 49.8 Å². The fourth-order valence-electron chi connectivity index (χ4n) is 2.48. The van der Waals surface area contributed by atoms with E-state index in [1.54, 1.807) is 11.3 Å². The van der Waals surface area contributed by atoms with Gasteiger partial charge in [0.1, 0.15) is 11.1 Å². The monoisotopic (exact) mass is 220 g/mol. The maximum absolute atomic E-state index is 9.16. The average molecular weight is 220 g/mol. The first-order valence-electron chi connectivity index (χ1n) is 5.38. The fourth-order valence-corrected chi connectivity index (χ4v) is 3.72. The lowest BCUT2D eigenvalue weighted by Crippen LogP contribution is -2.17. The normalized spacial score (nSPS) is 19.0. The molecule has 2 N–H and O–H groups in total. The van der Waals surface area contributed by atoms with Crippen LogP contribution in [0, 0.1) is 11.3 Å². The molecule has 0 saturated heterocycles. The van der Waals surface area contributed by atoms with E-state index in [9.17, 15) is 0 Å². The van der Waals surface area contributed by atoms with Crippen LogP contribution in [0.1, 0.15) is 49.1 Å². The third-order valence-electron chi connectivity index (χ3n) is 3.25. The van der Waals surface area contributed by atoms with Crippen LogP contribution >= 0.6 is 11.3 Å². The first kappa shape index (κ1) is 10.5. The van der Waals surface area contributed by atoms with Crippen molar-refractivity contribution < 1.29 is 0 Å². The molecule has 0 aliphatic heterocycles. The third kappa shape index (κ3) is 1.63. The third-order valence-corrected chi connectivity index (χ3v) is 4.33. The highest BCUT2D eigenvalue weighted by atomic mass is 32.1. The molecule has 0 amide bonds. The summed E-state index contributed by atoms with van der Waals surface area (Å²) in [6.07, 6.45) is 4.72. The number of rotatable bonds is 0. The van der Waals surface area contributed by atoms with Crippen LogP contribution in [-0.4, -0.2) is 0 Å². The Balaban J connectivity index is 2.64. The Morgan fingerprint density at radius 3 is 2.80 bits per heavy atom. The zero-order valence-electron chi connectivity index (χ0n) is 9.26. The van der Waals surface area contributed by atoms with Crippen molar-refractivity contribution in [1.29, 1.82) is 5.26 Å². The van der Waals surface area contributed by atoms with Crippen LogP contribution in [0.5, 0.6) is 0 Å². The van der Waals surface area contributed by atoms with Crippen molar-refractivity contribution in [2.24, 2.45) is 0 Å². The molecule has 3 heteroatoms. The number of fused-ring (bicyclic) bond motifs is 1. The van der Waals surface area contributed by atoms with Crippen molar-refractivity contribution in [3.63, 3.8) is 0 Å². The second-order valence-corrected chi connectivity index (χ2v) is 5.98. The molecule has 0 saturated carbocycles. The van der Waals surface area contributed by atoms with Gasteiger partial charge in [-0.25, -0.2) is 0 Å². The summed E-state index contributed by atoms with van der Waals surface area (Å²) in [4.78, 5) is 1.34. The zero-order chi connectivity index (χ0) is 11.1. The molecule has 0 aromatic carbocycles. The SMILES string of the molecule is CC1(C)CCCCc2sc(N)c(C#N)c21. The molecule has 0 spiro atoms. The van der Waals surface area contributed by atoms with Crippen molar-refractivity contribution >= 4 is 16.3 Å². The summed E-state index contributed by atoms with van der Waals surface area (Å²) in [5, 5.41) is 9.87. The van der Waals surface area contributed by atoms with Crippen LogP contribution in [0.3, 0.4) is 0 Å². The van der Waals surface area contributed by atoms with Crippen LogP contribution in [0.15, 0.2) is 0 Å². The maximum Gasteiger partial charge on any atom is 0.104 e. The summed E-state index contributed by atoms with van der Waals surface area (Å²) in [6, 6.07) is 2.27. The van der Waals surface area contributed by atoms with Gasteiger partial charge in [0.25, 0.3) is 0 Å². The molecular weight excluding hydrogens is 204 g/mol.